The van der Waals surface area contributed by atoms with Gasteiger partial charge < -0.3 is 24.4 Å². The maximum absolute atomic E-state index is 13.6. The molecule has 1 N–H and O–H groups in total. The number of fused-ring (bicyclic) bond motifs is 3. The van der Waals surface area contributed by atoms with E-state index in [0.717, 1.165) is 16.7 Å². The van der Waals surface area contributed by atoms with Crippen molar-refractivity contribution in [1.82, 2.24) is 5.32 Å². The zero-order valence-corrected chi connectivity index (χ0v) is 24.7. The number of nitrogens with one attached hydrogen (secondary N) is 1. The first kappa shape index (κ1) is 29.4. The number of nitrogens with zero attached hydrogens (tertiary/aromatic N) is 1. The summed E-state index contributed by atoms with van der Waals surface area (Å²) in [4.78, 5) is 42.5. The Hall–Kier alpha value is -3.62. The first-order chi connectivity index (χ1) is 19.4. The number of thioether (sulfide) groups is 1. The Labute approximate surface area is 239 Å². The fourth-order valence-corrected chi connectivity index (χ4v) is 5.87. The quantitative estimate of drug-likeness (QED) is 0.154. The molecule has 4 rings (SSSR count). The zero-order valence-electron chi connectivity index (χ0n) is 22.7. The first-order valence-electron chi connectivity index (χ1n) is 12.6. The minimum Gasteiger partial charge on any atom is -0.492 e. The van der Waals surface area contributed by atoms with Gasteiger partial charge in [-0.1, -0.05) is 18.2 Å². The number of ether oxygens (including phenoxy) is 3. The van der Waals surface area contributed by atoms with Crippen LogP contribution in [0.2, 0.25) is 0 Å². The van der Waals surface area contributed by atoms with Crippen LogP contribution in [-0.2, 0) is 17.9 Å². The Morgan fingerprint density at radius 1 is 1.15 bits per heavy atom. The highest BCUT2D eigenvalue weighted by atomic mass is 32.2. The molecule has 40 heavy (non-hydrogen) atoms. The lowest BCUT2D eigenvalue weighted by Crippen LogP contribution is -2.32. The van der Waals surface area contributed by atoms with Crippen molar-refractivity contribution in [3.63, 3.8) is 0 Å². The summed E-state index contributed by atoms with van der Waals surface area (Å²) in [5.41, 5.74) is 4.10. The van der Waals surface area contributed by atoms with Gasteiger partial charge in [0.15, 0.2) is 22.3 Å². The van der Waals surface area contributed by atoms with Crippen LogP contribution < -0.4 is 30.3 Å². The van der Waals surface area contributed by atoms with Crippen LogP contribution in [0.5, 0.6) is 17.2 Å². The van der Waals surface area contributed by atoms with Crippen molar-refractivity contribution in [3.05, 3.63) is 79.8 Å². The van der Waals surface area contributed by atoms with Crippen LogP contribution in [0.15, 0.2) is 57.5 Å². The van der Waals surface area contributed by atoms with Crippen LogP contribution >= 0.6 is 21.0 Å². The zero-order chi connectivity index (χ0) is 28.8. The third-order valence-corrected chi connectivity index (χ3v) is 8.28. The predicted molar refractivity (Wildman–Crippen MR) is 159 cm³/mol. The molecule has 0 bridgehead atoms. The predicted octanol–water partition coefficient (Wildman–Crippen LogP) is 4.97. The maximum atomic E-state index is 13.6. The van der Waals surface area contributed by atoms with E-state index in [9.17, 15) is 14.5 Å². The van der Waals surface area contributed by atoms with Gasteiger partial charge in [-0.15, -0.1) is 25.9 Å². The fraction of sp³-hybridized carbons (Fsp3) is 0.310. The molecule has 1 unspecified atom stereocenters. The van der Waals surface area contributed by atoms with Gasteiger partial charge in [-0.05, 0) is 72.3 Å². The van der Waals surface area contributed by atoms with E-state index in [1.165, 1.54) is 11.8 Å². The average molecular weight is 583 g/mol. The summed E-state index contributed by atoms with van der Waals surface area (Å²) in [6, 6.07) is 11.9. The van der Waals surface area contributed by atoms with Crippen LogP contribution in [0, 0.1) is 4.91 Å². The number of benzene rings is 2. The van der Waals surface area contributed by atoms with Crippen molar-refractivity contribution in [2.75, 3.05) is 27.1 Å². The Bertz CT molecular complexity index is 1500. The average Bonchev–Trinajstić information content (AvgIpc) is 3.20. The number of carbonyl (C=O) groups is 1. The number of aryl methyl sites for hydroxylation is 1. The van der Waals surface area contributed by atoms with Gasteiger partial charge in [0.1, 0.15) is 6.61 Å². The molecule has 0 heterocycles. The minimum absolute atomic E-state index is 0.0539. The molecule has 0 radical (unpaired) electrons. The first-order valence-corrected chi connectivity index (χ1v) is 14.4. The van der Waals surface area contributed by atoms with Gasteiger partial charge in [-0.2, -0.15) is 0 Å². The Balaban J connectivity index is 1.88. The number of hydrogen-bond acceptors (Lipinski definition) is 9. The van der Waals surface area contributed by atoms with Gasteiger partial charge in [0.25, 0.3) is 5.91 Å². The summed E-state index contributed by atoms with van der Waals surface area (Å²) in [5, 5.41) is 6.19. The summed E-state index contributed by atoms with van der Waals surface area (Å²) in [6.45, 7) is 2.29. The van der Waals surface area contributed by atoms with Crippen molar-refractivity contribution in [3.8, 4) is 28.4 Å². The Kier molecular flexibility index (Phi) is 9.66. The lowest BCUT2D eigenvalue weighted by Gasteiger charge is -2.20. The molecule has 1 aliphatic rings. The number of rotatable bonds is 10. The molecule has 2 atom stereocenters. The van der Waals surface area contributed by atoms with E-state index in [-0.39, 0.29) is 17.9 Å². The second-order valence-corrected chi connectivity index (χ2v) is 10.4. The van der Waals surface area contributed by atoms with Gasteiger partial charge in [-0.25, -0.2) is 0 Å². The van der Waals surface area contributed by atoms with Crippen molar-refractivity contribution in [2.24, 2.45) is 5.34 Å². The highest BCUT2D eigenvalue weighted by Gasteiger charge is 2.30. The van der Waals surface area contributed by atoms with E-state index >= 15 is 0 Å². The van der Waals surface area contributed by atoms with Gasteiger partial charge in [0.2, 0.25) is 5.75 Å². The van der Waals surface area contributed by atoms with Crippen LogP contribution in [-0.4, -0.2) is 33.0 Å². The maximum Gasteiger partial charge on any atom is 0.252 e. The van der Waals surface area contributed by atoms with Crippen LogP contribution in [0.3, 0.4) is 0 Å². The second-order valence-electron chi connectivity index (χ2n) is 8.98. The third kappa shape index (κ3) is 5.78. The van der Waals surface area contributed by atoms with Gasteiger partial charge >= 0.3 is 0 Å². The second kappa shape index (κ2) is 13.2. The van der Waals surface area contributed by atoms with Crippen LogP contribution in [0.4, 0.5) is 0 Å². The lowest BCUT2D eigenvalue weighted by atomic mass is 9.95. The SMILES string of the molecule is CCOc1cc2c(c(OC)c1OC)-c1ccc(SC)c(=O)cc1[C@@H](NC(=O)c1cccc(CON=O)c1P)CC2. The van der Waals surface area contributed by atoms with Crippen LogP contribution in [0.25, 0.3) is 11.1 Å². The molecule has 0 aromatic heterocycles. The summed E-state index contributed by atoms with van der Waals surface area (Å²) in [7, 11) is 5.67. The third-order valence-electron chi connectivity index (χ3n) is 6.82. The molecule has 3 aromatic rings. The van der Waals surface area contributed by atoms with Crippen LogP contribution in [0.1, 0.15) is 46.4 Å². The highest BCUT2D eigenvalue weighted by Crippen LogP contribution is 2.50. The van der Waals surface area contributed by atoms with E-state index in [4.69, 9.17) is 14.2 Å². The van der Waals surface area contributed by atoms with E-state index < -0.39 is 6.04 Å². The summed E-state index contributed by atoms with van der Waals surface area (Å²) >= 11 is 1.36. The number of methoxy groups -OCH3 is 2. The molecule has 0 fully saturated rings. The van der Waals surface area contributed by atoms with E-state index in [1.54, 1.807) is 44.6 Å². The fourth-order valence-electron chi connectivity index (χ4n) is 5.00. The molecule has 11 heteroatoms. The summed E-state index contributed by atoms with van der Waals surface area (Å²) < 4.78 is 17.5. The molecule has 0 aliphatic heterocycles. The Morgan fingerprint density at radius 3 is 2.60 bits per heavy atom. The molecule has 9 nitrogen and oxygen atoms in total. The van der Waals surface area contributed by atoms with E-state index in [1.807, 2.05) is 25.3 Å². The van der Waals surface area contributed by atoms with E-state index in [2.05, 4.69) is 24.7 Å². The van der Waals surface area contributed by atoms with Crippen molar-refractivity contribution in [2.45, 2.75) is 37.3 Å². The number of carbonyl (C=O) groups excluding carboxylic acids is 1. The summed E-state index contributed by atoms with van der Waals surface area (Å²) in [5.74, 6) is 1.21. The lowest BCUT2D eigenvalue weighted by molar-refractivity contribution is 0.0935. The Morgan fingerprint density at radius 2 is 1.93 bits per heavy atom. The normalized spacial score (nSPS) is 13.8. The van der Waals surface area contributed by atoms with Gasteiger partial charge in [0.05, 0.1) is 31.8 Å². The van der Waals surface area contributed by atoms with Gasteiger partial charge in [-0.3, -0.25) is 9.59 Å². The largest absolute Gasteiger partial charge is 0.492 e. The number of amides is 1. The van der Waals surface area contributed by atoms with E-state index in [0.29, 0.717) is 63.6 Å². The van der Waals surface area contributed by atoms with Crippen molar-refractivity contribution < 1.29 is 23.8 Å². The number of hydrogen-bond donors (Lipinski definition) is 1. The van der Waals surface area contributed by atoms with Crippen molar-refractivity contribution in [1.29, 1.82) is 0 Å². The molecule has 210 valence electrons. The molecule has 0 saturated carbocycles. The smallest absolute Gasteiger partial charge is 0.252 e. The standard InChI is InChI=1S/C29H31N2O7PS/c1-5-37-23-13-16-9-11-21(30-29(33)19-8-6-7-17(28(19)39)15-38-31-34)20-14-22(32)24(40-4)12-10-18(20)25(16)27(36-3)26(23)35-2/h6-8,10,12-14,21H,5,9,11,15,39H2,1-4H3,(H,30,33)/t21-/m0/s1. The minimum atomic E-state index is -0.489. The molecular weight excluding hydrogens is 551 g/mol. The molecule has 0 spiro atoms. The molecule has 1 aliphatic carbocycles. The molecule has 0 saturated heterocycles. The molecular formula is C29H31N2O7PS. The topological polar surface area (TPSA) is 113 Å². The van der Waals surface area contributed by atoms with Crippen molar-refractivity contribution >= 4 is 32.2 Å². The van der Waals surface area contributed by atoms with Gasteiger partial charge in [0, 0.05) is 16.7 Å². The molecule has 1 amide bonds. The monoisotopic (exact) mass is 582 g/mol. The molecule has 3 aromatic carbocycles. The summed E-state index contributed by atoms with van der Waals surface area (Å²) in [6.07, 6.45) is 2.95. The highest BCUT2D eigenvalue weighted by molar-refractivity contribution is 7.98.